The Hall–Kier alpha value is -13.6. The molecule has 6 nitrogen and oxygen atoms in total. The Morgan fingerprint density at radius 1 is 0.245 bits per heavy atom. The molecule has 0 radical (unpaired) electrons. The number of hydrogen-bond acceptors (Lipinski definition) is 4. The van der Waals surface area contributed by atoms with Gasteiger partial charge >= 0.3 is 0 Å². The Bertz CT molecular complexity index is 6660. The first-order valence-corrected chi connectivity index (χ1v) is 34.9. The molecule has 1 aliphatic heterocycles. The van der Waals surface area contributed by atoms with Gasteiger partial charge in [0.15, 0.2) is 0 Å². The van der Waals surface area contributed by atoms with Gasteiger partial charge in [-0.1, -0.05) is 261 Å². The van der Waals surface area contributed by atoms with Crippen molar-refractivity contribution in [3.05, 3.63) is 346 Å². The molecule has 476 valence electrons. The summed E-state index contributed by atoms with van der Waals surface area (Å²) >= 11 is 0. The SMILES string of the molecule is C1=Nc2c(c3cc(-c4cccc(-c5cc6ccccc6c6ccccc56)c4)ccc3c3ccccc23)N(c2cccc(-c3cc4ccccc4c4ccccc34)c2)C1.c1cc(-c2ccc3c(c2)[nH]c2ccccc23)cc(-c2cc(-c3cccc(-c4ccc5c(c4)[nH]c4ccccc45)c3)ncn2)c1. The quantitative estimate of drug-likeness (QED) is 0.149. The average Bonchev–Trinajstić information content (AvgIpc) is 1.66. The first-order valence-electron chi connectivity index (χ1n) is 34.9. The third-order valence-corrected chi connectivity index (χ3v) is 20.9. The topological polar surface area (TPSA) is 73.0 Å². The highest BCUT2D eigenvalue weighted by atomic mass is 15.2. The second-order valence-corrected chi connectivity index (χ2v) is 26.8. The lowest BCUT2D eigenvalue weighted by atomic mass is 9.90. The average molecular weight is 1300 g/mol. The fourth-order valence-corrected chi connectivity index (χ4v) is 16.0. The Balaban J connectivity index is 0.000000142. The summed E-state index contributed by atoms with van der Waals surface area (Å²) in [6, 6.07) is 123. The van der Waals surface area contributed by atoms with Gasteiger partial charge in [0, 0.05) is 77.4 Å². The smallest absolute Gasteiger partial charge is 0.116 e. The fraction of sp³-hybridized carbons (Fsp3) is 0.0104. The van der Waals surface area contributed by atoms with E-state index >= 15 is 0 Å². The summed E-state index contributed by atoms with van der Waals surface area (Å²) in [5.74, 6) is 0. The Kier molecular flexibility index (Phi) is 13.9. The molecule has 0 spiro atoms. The van der Waals surface area contributed by atoms with E-state index in [2.05, 4.69) is 371 Å². The molecule has 6 heteroatoms. The number of nitrogens with zero attached hydrogens (tertiary/aromatic N) is 4. The molecule has 1 aliphatic rings. The highest BCUT2D eigenvalue weighted by molar-refractivity contribution is 6.23. The van der Waals surface area contributed by atoms with E-state index in [9.17, 15) is 0 Å². The van der Waals surface area contributed by atoms with E-state index in [1.807, 2.05) is 0 Å². The van der Waals surface area contributed by atoms with Crippen LogP contribution < -0.4 is 4.90 Å². The molecule has 17 aromatic carbocycles. The third kappa shape index (κ3) is 10.1. The van der Waals surface area contributed by atoms with Crippen LogP contribution in [0.3, 0.4) is 0 Å². The molecule has 20 aromatic rings. The molecule has 0 aliphatic carbocycles. The zero-order chi connectivity index (χ0) is 67.2. The van der Waals surface area contributed by atoms with Crippen molar-refractivity contribution < 1.29 is 0 Å². The van der Waals surface area contributed by atoms with E-state index in [1.54, 1.807) is 6.33 Å². The third-order valence-electron chi connectivity index (χ3n) is 20.9. The molecule has 0 fully saturated rings. The maximum atomic E-state index is 5.15. The molecule has 0 unspecified atom stereocenters. The number of anilines is 2. The predicted molar refractivity (Wildman–Crippen MR) is 432 cm³/mol. The Morgan fingerprint density at radius 2 is 0.627 bits per heavy atom. The van der Waals surface area contributed by atoms with Gasteiger partial charge < -0.3 is 14.9 Å². The van der Waals surface area contributed by atoms with Crippen LogP contribution >= 0.6 is 0 Å². The van der Waals surface area contributed by atoms with Crippen LogP contribution in [0.4, 0.5) is 17.1 Å². The molecule has 4 heterocycles. The number of benzene rings is 17. The van der Waals surface area contributed by atoms with Crippen LogP contribution in [0.2, 0.25) is 0 Å². The van der Waals surface area contributed by atoms with Crippen molar-refractivity contribution in [2.45, 2.75) is 0 Å². The number of hydrogen-bond donors (Lipinski definition) is 2. The fourth-order valence-electron chi connectivity index (χ4n) is 16.0. The first kappa shape index (κ1) is 58.6. The van der Waals surface area contributed by atoms with Crippen LogP contribution in [-0.2, 0) is 0 Å². The summed E-state index contributed by atoms with van der Waals surface area (Å²) in [6.45, 7) is 0.678. The van der Waals surface area contributed by atoms with Crippen LogP contribution in [0.25, 0.3) is 186 Å². The molecule has 3 aromatic heterocycles. The standard InChI is InChI=1S/C56H36N2.C40H26N4/c1-3-19-43-40(13-1)34-52(48-24-7-5-21-45(43)48)38-16-11-15-36(31-38)37-27-28-50-47-23-9-10-26-51(47)55-56(54(50)33-37)58(30-29-57-55)42-18-12-17-39(32-42)53-35-41-14-2-4-20-44(41)46-22-6-8-25-49(46)53;1-3-13-35-31(11-1)33-17-15-27(21-39(33)43-35)25-7-5-9-29(19-25)37-23-38(42-24-41-37)30-10-6-8-26(20-30)28-16-18-34-32-12-2-4-14-36(32)44-40(34)22-28/h1-29,31-35H,30H2;1-24,43-44H. The van der Waals surface area contributed by atoms with Gasteiger partial charge in [-0.3, -0.25) is 4.99 Å². The molecule has 0 atom stereocenters. The predicted octanol–water partition coefficient (Wildman–Crippen LogP) is 25.9. The summed E-state index contributed by atoms with van der Waals surface area (Å²) < 4.78 is 0. The van der Waals surface area contributed by atoms with Crippen molar-refractivity contribution in [3.63, 3.8) is 0 Å². The maximum Gasteiger partial charge on any atom is 0.116 e. The molecular weight excluding hydrogens is 1240 g/mol. The van der Waals surface area contributed by atoms with Crippen LogP contribution in [0.5, 0.6) is 0 Å². The van der Waals surface area contributed by atoms with Crippen LogP contribution in [0, 0.1) is 0 Å². The zero-order valence-corrected chi connectivity index (χ0v) is 55.5. The molecule has 0 amide bonds. The number of H-pyrrole nitrogens is 2. The van der Waals surface area contributed by atoms with Gasteiger partial charge in [-0.05, 0) is 188 Å². The Labute approximate surface area is 588 Å². The van der Waals surface area contributed by atoms with Crippen molar-refractivity contribution in [3.8, 4) is 78.1 Å². The largest absolute Gasteiger partial charge is 0.354 e. The number of para-hydroxylation sites is 2. The molecule has 0 saturated heterocycles. The van der Waals surface area contributed by atoms with Crippen LogP contribution in [0.15, 0.2) is 351 Å². The van der Waals surface area contributed by atoms with Crippen LogP contribution in [0.1, 0.15) is 0 Å². The second kappa shape index (κ2) is 24.2. The summed E-state index contributed by atoms with van der Waals surface area (Å²) in [5, 5.41) is 20.0. The molecule has 0 saturated carbocycles. The normalized spacial score (nSPS) is 12.2. The molecule has 0 bridgehead atoms. The second-order valence-electron chi connectivity index (χ2n) is 26.8. The monoisotopic (exact) mass is 1300 g/mol. The molecule has 21 rings (SSSR count). The van der Waals surface area contributed by atoms with E-state index in [4.69, 9.17) is 4.99 Å². The minimum absolute atomic E-state index is 0.678. The van der Waals surface area contributed by atoms with Gasteiger partial charge in [-0.15, -0.1) is 0 Å². The number of aromatic amines is 2. The molecule has 102 heavy (non-hydrogen) atoms. The number of aromatic nitrogens is 4. The van der Waals surface area contributed by atoms with Crippen molar-refractivity contribution in [1.82, 2.24) is 19.9 Å². The molecular formula is C96H62N6. The van der Waals surface area contributed by atoms with Gasteiger partial charge in [0.05, 0.1) is 29.3 Å². The zero-order valence-electron chi connectivity index (χ0n) is 55.5. The van der Waals surface area contributed by atoms with E-state index in [-0.39, 0.29) is 0 Å². The summed E-state index contributed by atoms with van der Waals surface area (Å²) in [4.78, 5) is 24.1. The lowest BCUT2D eigenvalue weighted by molar-refractivity contribution is 1.13. The number of fused-ring (bicyclic) bond motifs is 18. The molecule has 2 N–H and O–H groups in total. The van der Waals surface area contributed by atoms with Gasteiger partial charge in [-0.25, -0.2) is 9.97 Å². The van der Waals surface area contributed by atoms with E-state index in [0.29, 0.717) is 6.54 Å². The van der Waals surface area contributed by atoms with E-state index < -0.39 is 0 Å². The van der Waals surface area contributed by atoms with E-state index in [1.165, 1.54) is 131 Å². The van der Waals surface area contributed by atoms with Crippen molar-refractivity contribution in [1.29, 1.82) is 0 Å². The first-order chi connectivity index (χ1) is 50.5. The lowest BCUT2D eigenvalue weighted by Crippen LogP contribution is -2.22. The van der Waals surface area contributed by atoms with Crippen LogP contribution in [-0.4, -0.2) is 32.7 Å². The highest BCUT2D eigenvalue weighted by Gasteiger charge is 2.25. The number of rotatable bonds is 8. The number of aliphatic imine (C=N–C) groups is 1. The van der Waals surface area contributed by atoms with Gasteiger partial charge in [0.25, 0.3) is 0 Å². The van der Waals surface area contributed by atoms with E-state index in [0.717, 1.165) is 72.8 Å². The minimum atomic E-state index is 0.678. The maximum absolute atomic E-state index is 5.15. The van der Waals surface area contributed by atoms with Gasteiger partial charge in [-0.2, -0.15) is 0 Å². The van der Waals surface area contributed by atoms with Crippen molar-refractivity contribution in [2.75, 3.05) is 11.4 Å². The highest BCUT2D eigenvalue weighted by Crippen LogP contribution is 2.50. The van der Waals surface area contributed by atoms with Gasteiger partial charge in [0.1, 0.15) is 6.33 Å². The van der Waals surface area contributed by atoms with Crippen molar-refractivity contribution >= 4 is 132 Å². The minimum Gasteiger partial charge on any atom is -0.354 e. The van der Waals surface area contributed by atoms with Gasteiger partial charge in [0.2, 0.25) is 0 Å². The van der Waals surface area contributed by atoms with Crippen molar-refractivity contribution in [2.24, 2.45) is 4.99 Å². The number of nitrogens with one attached hydrogen (secondary N) is 2. The lowest BCUT2D eigenvalue weighted by Gasteiger charge is -2.31. The summed E-state index contributed by atoms with van der Waals surface area (Å²) in [5.41, 5.74) is 23.7. The summed E-state index contributed by atoms with van der Waals surface area (Å²) in [7, 11) is 0. The summed E-state index contributed by atoms with van der Waals surface area (Å²) in [6.07, 6.45) is 3.73. The Morgan fingerprint density at radius 3 is 1.18 bits per heavy atom.